The van der Waals surface area contributed by atoms with Crippen molar-refractivity contribution in [1.82, 2.24) is 10.6 Å². The van der Waals surface area contributed by atoms with E-state index in [1.165, 1.54) is 97.0 Å². The summed E-state index contributed by atoms with van der Waals surface area (Å²) in [6.45, 7) is 3.42. The molecule has 34 heavy (non-hydrogen) atoms. The number of alkyl carbamates (subject to hydrolysis) is 2. The molecule has 0 heterocycles. The number of unbranched alkanes of at least 4 members (excludes halogenated alkanes) is 15. The SMILES string of the molecule is CCCCCCCCCCCCCCCCCCNC(=O)OCC(COC(=O)NCCBr)OC. The van der Waals surface area contributed by atoms with Crippen molar-refractivity contribution in [3.05, 3.63) is 0 Å². The van der Waals surface area contributed by atoms with E-state index in [2.05, 4.69) is 33.5 Å². The van der Waals surface area contributed by atoms with Gasteiger partial charge in [0, 0.05) is 25.5 Å². The van der Waals surface area contributed by atoms with Gasteiger partial charge in [0.15, 0.2) is 0 Å². The maximum atomic E-state index is 11.8. The first-order valence-corrected chi connectivity index (χ1v) is 14.7. The summed E-state index contributed by atoms with van der Waals surface area (Å²) in [5.74, 6) is 0. The molecule has 7 nitrogen and oxygen atoms in total. The second kappa shape index (κ2) is 26.6. The van der Waals surface area contributed by atoms with Gasteiger partial charge in [-0.2, -0.15) is 0 Å². The van der Waals surface area contributed by atoms with Crippen molar-refractivity contribution in [3.63, 3.8) is 0 Å². The molecule has 0 radical (unpaired) electrons. The molecule has 0 aliphatic carbocycles. The number of hydrogen-bond donors (Lipinski definition) is 2. The normalized spacial score (nSPS) is 11.7. The molecule has 0 saturated heterocycles. The molecule has 2 amide bonds. The number of carbonyl (C=O) groups is 2. The highest BCUT2D eigenvalue weighted by atomic mass is 79.9. The molecule has 0 saturated carbocycles. The fourth-order valence-corrected chi connectivity index (χ4v) is 3.83. The number of ether oxygens (including phenoxy) is 3. The lowest BCUT2D eigenvalue weighted by molar-refractivity contribution is -0.00437. The van der Waals surface area contributed by atoms with Crippen molar-refractivity contribution in [3.8, 4) is 0 Å². The Kier molecular flexibility index (Phi) is 25.8. The highest BCUT2D eigenvalue weighted by Gasteiger charge is 2.13. The monoisotopic (exact) mass is 550 g/mol. The number of carbonyl (C=O) groups excluding carboxylic acids is 2. The molecule has 0 aromatic heterocycles. The molecule has 8 heteroatoms. The third-order valence-corrected chi connectivity index (χ3v) is 6.19. The van der Waals surface area contributed by atoms with E-state index in [0.29, 0.717) is 18.4 Å². The van der Waals surface area contributed by atoms with Gasteiger partial charge in [0.25, 0.3) is 0 Å². The third-order valence-electron chi connectivity index (χ3n) is 5.80. The molecule has 0 rings (SSSR count). The smallest absolute Gasteiger partial charge is 0.407 e. The molecule has 1 atom stereocenters. The summed E-state index contributed by atoms with van der Waals surface area (Å²) in [6, 6.07) is 0. The summed E-state index contributed by atoms with van der Waals surface area (Å²) in [7, 11) is 1.49. The lowest BCUT2D eigenvalue weighted by atomic mass is 10.0. The van der Waals surface area contributed by atoms with Crippen LogP contribution in [0.1, 0.15) is 110 Å². The first kappa shape index (κ1) is 33.0. The summed E-state index contributed by atoms with van der Waals surface area (Å²) in [5, 5.41) is 5.98. The average molecular weight is 552 g/mol. The van der Waals surface area contributed by atoms with E-state index in [0.717, 1.165) is 12.8 Å². The summed E-state index contributed by atoms with van der Waals surface area (Å²) < 4.78 is 15.3. The van der Waals surface area contributed by atoms with Gasteiger partial charge in [-0.15, -0.1) is 0 Å². The minimum Gasteiger partial charge on any atom is -0.447 e. The van der Waals surface area contributed by atoms with E-state index in [9.17, 15) is 9.59 Å². The molecule has 0 aromatic rings. The standard InChI is InChI=1S/C26H51BrN2O5/c1-3-4-5-6-7-8-9-10-11-12-13-14-15-16-17-18-20-28-25(30)33-22-24(32-2)23-34-26(31)29-21-19-27/h24H,3-23H2,1-2H3,(H,28,30)(H,29,31). The van der Waals surface area contributed by atoms with Crippen LogP contribution < -0.4 is 10.6 Å². The molecule has 0 aliphatic rings. The summed E-state index contributed by atoms with van der Waals surface area (Å²) >= 11 is 3.21. The average Bonchev–Trinajstić information content (AvgIpc) is 2.84. The Morgan fingerprint density at radius 1 is 0.647 bits per heavy atom. The maximum absolute atomic E-state index is 11.8. The van der Waals surface area contributed by atoms with Gasteiger partial charge in [-0.3, -0.25) is 0 Å². The Morgan fingerprint density at radius 2 is 1.03 bits per heavy atom. The Labute approximate surface area is 216 Å². The Balaban J connectivity index is 3.40. The van der Waals surface area contributed by atoms with Crippen LogP contribution in [0, 0.1) is 0 Å². The van der Waals surface area contributed by atoms with Crippen molar-refractivity contribution in [2.45, 2.75) is 116 Å². The van der Waals surface area contributed by atoms with Crippen LogP contribution in [0.3, 0.4) is 0 Å². The largest absolute Gasteiger partial charge is 0.447 e. The molecule has 0 spiro atoms. The fraction of sp³-hybridized carbons (Fsp3) is 0.923. The van der Waals surface area contributed by atoms with E-state index < -0.39 is 18.3 Å². The van der Waals surface area contributed by atoms with Crippen molar-refractivity contribution in [2.24, 2.45) is 0 Å². The zero-order valence-corrected chi connectivity index (χ0v) is 23.4. The number of amides is 2. The van der Waals surface area contributed by atoms with Gasteiger partial charge in [0.1, 0.15) is 19.3 Å². The van der Waals surface area contributed by atoms with Crippen LogP contribution in [-0.4, -0.2) is 57.0 Å². The highest BCUT2D eigenvalue weighted by Crippen LogP contribution is 2.13. The van der Waals surface area contributed by atoms with Crippen molar-refractivity contribution >= 4 is 28.1 Å². The Hall–Kier alpha value is -1.02. The van der Waals surface area contributed by atoms with Crippen LogP contribution in [0.2, 0.25) is 0 Å². The number of nitrogens with one attached hydrogen (secondary N) is 2. The first-order valence-electron chi connectivity index (χ1n) is 13.5. The lowest BCUT2D eigenvalue weighted by Gasteiger charge is -2.16. The lowest BCUT2D eigenvalue weighted by Crippen LogP contribution is -2.34. The number of methoxy groups -OCH3 is 1. The van der Waals surface area contributed by atoms with E-state index in [4.69, 9.17) is 14.2 Å². The molecule has 2 N–H and O–H groups in total. The summed E-state index contributed by atoms with van der Waals surface area (Å²) in [4.78, 5) is 23.2. The number of alkyl halides is 1. The van der Waals surface area contributed by atoms with Crippen molar-refractivity contribution < 1.29 is 23.8 Å². The quantitative estimate of drug-likeness (QED) is 0.0986. The Morgan fingerprint density at radius 3 is 1.41 bits per heavy atom. The minimum absolute atomic E-state index is 0.0248. The highest BCUT2D eigenvalue weighted by molar-refractivity contribution is 9.09. The van der Waals surface area contributed by atoms with Crippen molar-refractivity contribution in [1.29, 1.82) is 0 Å². The molecular formula is C26H51BrN2O5. The van der Waals surface area contributed by atoms with E-state index >= 15 is 0 Å². The van der Waals surface area contributed by atoms with E-state index in [1.807, 2.05) is 0 Å². The van der Waals surface area contributed by atoms with Gasteiger partial charge in [-0.05, 0) is 6.42 Å². The van der Waals surface area contributed by atoms with Crippen LogP contribution in [0.25, 0.3) is 0 Å². The topological polar surface area (TPSA) is 85.9 Å². The van der Waals surface area contributed by atoms with Crippen LogP contribution in [0.4, 0.5) is 9.59 Å². The zero-order chi connectivity index (χ0) is 25.1. The predicted molar refractivity (Wildman–Crippen MR) is 143 cm³/mol. The predicted octanol–water partition coefficient (Wildman–Crippen LogP) is 7.11. The Bertz CT molecular complexity index is 468. The van der Waals surface area contributed by atoms with Gasteiger partial charge >= 0.3 is 12.2 Å². The molecule has 0 aromatic carbocycles. The zero-order valence-electron chi connectivity index (χ0n) is 21.8. The van der Waals surface area contributed by atoms with Gasteiger partial charge in [-0.25, -0.2) is 9.59 Å². The molecular weight excluding hydrogens is 500 g/mol. The van der Waals surface area contributed by atoms with Crippen molar-refractivity contribution in [2.75, 3.05) is 38.7 Å². The van der Waals surface area contributed by atoms with Crippen LogP contribution in [-0.2, 0) is 14.2 Å². The third kappa shape index (κ3) is 24.1. The van der Waals surface area contributed by atoms with E-state index in [-0.39, 0.29) is 13.2 Å². The molecule has 1 unspecified atom stereocenters. The second-order valence-electron chi connectivity index (χ2n) is 8.90. The number of hydrogen-bond acceptors (Lipinski definition) is 5. The number of halogens is 1. The van der Waals surface area contributed by atoms with E-state index in [1.54, 1.807) is 0 Å². The van der Waals surface area contributed by atoms with Crippen LogP contribution in [0.5, 0.6) is 0 Å². The molecule has 0 fully saturated rings. The summed E-state index contributed by atoms with van der Waals surface area (Å²) in [6.07, 6.45) is 19.8. The molecule has 202 valence electrons. The minimum atomic E-state index is -0.519. The van der Waals surface area contributed by atoms with Crippen LogP contribution in [0.15, 0.2) is 0 Å². The van der Waals surface area contributed by atoms with Gasteiger partial charge in [0.2, 0.25) is 0 Å². The molecule has 0 bridgehead atoms. The molecule has 0 aliphatic heterocycles. The first-order chi connectivity index (χ1) is 16.6. The number of rotatable bonds is 24. The van der Waals surface area contributed by atoms with Gasteiger partial charge < -0.3 is 24.8 Å². The fourth-order valence-electron chi connectivity index (χ4n) is 3.64. The van der Waals surface area contributed by atoms with Gasteiger partial charge in [-0.1, -0.05) is 119 Å². The maximum Gasteiger partial charge on any atom is 0.407 e. The second-order valence-corrected chi connectivity index (χ2v) is 9.69. The van der Waals surface area contributed by atoms with Gasteiger partial charge in [0.05, 0.1) is 0 Å². The summed E-state index contributed by atoms with van der Waals surface area (Å²) in [5.41, 5.74) is 0. The van der Waals surface area contributed by atoms with Crippen LogP contribution >= 0.6 is 15.9 Å².